The van der Waals surface area contributed by atoms with Crippen LogP contribution in [-0.4, -0.2) is 16.3 Å². The smallest absolute Gasteiger partial charge is 0.0597 e. The summed E-state index contributed by atoms with van der Waals surface area (Å²) in [4.78, 5) is 0. The fourth-order valence-corrected chi connectivity index (χ4v) is 2.03. The Labute approximate surface area is 106 Å². The molecule has 98 valence electrons. The number of aryl methyl sites for hydroxylation is 2. The first kappa shape index (κ1) is 14.2. The van der Waals surface area contributed by atoms with E-state index >= 15 is 0 Å². The molecule has 0 saturated carbocycles. The lowest BCUT2D eigenvalue weighted by atomic mass is 10.1. The summed E-state index contributed by atoms with van der Waals surface area (Å²) in [5.41, 5.74) is 2.41. The van der Waals surface area contributed by atoms with Gasteiger partial charge >= 0.3 is 0 Å². The van der Waals surface area contributed by atoms with Gasteiger partial charge in [-0.3, -0.25) is 4.68 Å². The lowest BCUT2D eigenvalue weighted by molar-refractivity contribution is 0.512. The SMILES string of the molecule is CCn1nc(C)cc1CNCCCCC(C)C. The van der Waals surface area contributed by atoms with Crippen molar-refractivity contribution < 1.29 is 0 Å². The first-order valence-electron chi connectivity index (χ1n) is 6.87. The zero-order chi connectivity index (χ0) is 12.7. The van der Waals surface area contributed by atoms with Crippen molar-refractivity contribution in [2.45, 2.75) is 60.0 Å². The Kier molecular flexibility index (Phi) is 6.27. The highest BCUT2D eigenvalue weighted by molar-refractivity contribution is 5.08. The monoisotopic (exact) mass is 237 g/mol. The van der Waals surface area contributed by atoms with Gasteiger partial charge in [0.25, 0.3) is 0 Å². The van der Waals surface area contributed by atoms with Gasteiger partial charge in [-0.2, -0.15) is 5.10 Å². The highest BCUT2D eigenvalue weighted by atomic mass is 15.3. The number of aromatic nitrogens is 2. The van der Waals surface area contributed by atoms with E-state index in [0.29, 0.717) is 0 Å². The van der Waals surface area contributed by atoms with Crippen molar-refractivity contribution in [3.63, 3.8) is 0 Å². The molecule has 0 aliphatic heterocycles. The number of rotatable bonds is 8. The van der Waals surface area contributed by atoms with Crippen LogP contribution < -0.4 is 5.32 Å². The van der Waals surface area contributed by atoms with Gasteiger partial charge in [0.15, 0.2) is 0 Å². The molecule has 3 nitrogen and oxygen atoms in total. The van der Waals surface area contributed by atoms with Crippen LogP contribution in [0.1, 0.15) is 51.4 Å². The van der Waals surface area contributed by atoms with Crippen LogP contribution in [0.25, 0.3) is 0 Å². The van der Waals surface area contributed by atoms with Gasteiger partial charge in [-0.1, -0.05) is 26.7 Å². The quantitative estimate of drug-likeness (QED) is 0.704. The molecule has 0 saturated heterocycles. The van der Waals surface area contributed by atoms with E-state index in [4.69, 9.17) is 0 Å². The standard InChI is InChI=1S/C14H27N3/c1-5-17-14(10-13(4)16-17)11-15-9-7-6-8-12(2)3/h10,12,15H,5-9,11H2,1-4H3. The van der Waals surface area contributed by atoms with E-state index < -0.39 is 0 Å². The van der Waals surface area contributed by atoms with Crippen molar-refractivity contribution >= 4 is 0 Å². The number of hydrogen-bond donors (Lipinski definition) is 1. The van der Waals surface area contributed by atoms with Crippen molar-refractivity contribution in [1.82, 2.24) is 15.1 Å². The molecule has 0 aliphatic rings. The van der Waals surface area contributed by atoms with E-state index in [1.165, 1.54) is 25.0 Å². The van der Waals surface area contributed by atoms with Crippen molar-refractivity contribution in [2.24, 2.45) is 5.92 Å². The minimum atomic E-state index is 0.833. The Hall–Kier alpha value is -0.830. The average Bonchev–Trinajstić information content (AvgIpc) is 2.63. The molecule has 0 amide bonds. The molecule has 0 atom stereocenters. The molecule has 1 aromatic rings. The molecule has 1 N–H and O–H groups in total. The van der Waals surface area contributed by atoms with Crippen molar-refractivity contribution in [2.75, 3.05) is 6.54 Å². The minimum absolute atomic E-state index is 0.833. The van der Waals surface area contributed by atoms with E-state index in [1.807, 2.05) is 0 Å². The number of hydrogen-bond acceptors (Lipinski definition) is 2. The third-order valence-corrected chi connectivity index (χ3v) is 2.98. The zero-order valence-electron chi connectivity index (χ0n) is 11.8. The van der Waals surface area contributed by atoms with Gasteiger partial charge in [-0.15, -0.1) is 0 Å². The molecule has 3 heteroatoms. The predicted molar refractivity (Wildman–Crippen MR) is 73.0 cm³/mol. The van der Waals surface area contributed by atoms with Gasteiger partial charge < -0.3 is 5.32 Å². The summed E-state index contributed by atoms with van der Waals surface area (Å²) in [7, 11) is 0. The van der Waals surface area contributed by atoms with E-state index in [1.54, 1.807) is 0 Å². The molecule has 1 heterocycles. The topological polar surface area (TPSA) is 29.9 Å². The van der Waals surface area contributed by atoms with Crippen LogP contribution in [-0.2, 0) is 13.1 Å². The first-order chi connectivity index (χ1) is 8.13. The molecule has 0 aliphatic carbocycles. The molecule has 1 rings (SSSR count). The number of nitrogens with zero attached hydrogens (tertiary/aromatic N) is 2. The number of nitrogens with one attached hydrogen (secondary N) is 1. The molecule has 0 radical (unpaired) electrons. The molecule has 0 spiro atoms. The third kappa shape index (κ3) is 5.35. The van der Waals surface area contributed by atoms with E-state index in [-0.39, 0.29) is 0 Å². The highest BCUT2D eigenvalue weighted by Gasteiger charge is 2.02. The Bertz CT molecular complexity index is 315. The Morgan fingerprint density at radius 2 is 2.12 bits per heavy atom. The Balaban J connectivity index is 2.17. The molecule has 0 unspecified atom stereocenters. The molecular weight excluding hydrogens is 210 g/mol. The molecule has 17 heavy (non-hydrogen) atoms. The fourth-order valence-electron chi connectivity index (χ4n) is 2.03. The second-order valence-corrected chi connectivity index (χ2v) is 5.16. The van der Waals surface area contributed by atoms with Gasteiger partial charge in [-0.05, 0) is 38.8 Å². The maximum atomic E-state index is 4.44. The summed E-state index contributed by atoms with van der Waals surface area (Å²) < 4.78 is 2.08. The minimum Gasteiger partial charge on any atom is -0.311 e. The van der Waals surface area contributed by atoms with Crippen LogP contribution in [0.15, 0.2) is 6.07 Å². The Morgan fingerprint density at radius 3 is 2.76 bits per heavy atom. The third-order valence-electron chi connectivity index (χ3n) is 2.98. The normalized spacial score (nSPS) is 11.4. The van der Waals surface area contributed by atoms with E-state index in [0.717, 1.165) is 31.2 Å². The maximum absolute atomic E-state index is 4.44. The van der Waals surface area contributed by atoms with Crippen LogP contribution in [0.5, 0.6) is 0 Å². The Morgan fingerprint density at radius 1 is 1.35 bits per heavy atom. The molecule has 0 fully saturated rings. The van der Waals surface area contributed by atoms with E-state index in [2.05, 4.69) is 48.9 Å². The fraction of sp³-hybridized carbons (Fsp3) is 0.786. The highest BCUT2D eigenvalue weighted by Crippen LogP contribution is 2.06. The maximum Gasteiger partial charge on any atom is 0.0597 e. The zero-order valence-corrected chi connectivity index (χ0v) is 11.8. The van der Waals surface area contributed by atoms with Crippen LogP contribution in [0.3, 0.4) is 0 Å². The second-order valence-electron chi connectivity index (χ2n) is 5.16. The summed E-state index contributed by atoms with van der Waals surface area (Å²) >= 11 is 0. The van der Waals surface area contributed by atoms with Gasteiger partial charge in [0, 0.05) is 13.1 Å². The molecule has 0 bridgehead atoms. The average molecular weight is 237 g/mol. The van der Waals surface area contributed by atoms with Gasteiger partial charge in [0.1, 0.15) is 0 Å². The molecular formula is C14H27N3. The summed E-state index contributed by atoms with van der Waals surface area (Å²) in [5, 5.41) is 7.95. The van der Waals surface area contributed by atoms with Crippen molar-refractivity contribution in [3.8, 4) is 0 Å². The summed E-state index contributed by atoms with van der Waals surface area (Å²) in [6, 6.07) is 2.17. The van der Waals surface area contributed by atoms with Gasteiger partial charge in [0.2, 0.25) is 0 Å². The summed E-state index contributed by atoms with van der Waals surface area (Å²) in [6.07, 6.45) is 3.95. The van der Waals surface area contributed by atoms with Gasteiger partial charge in [-0.25, -0.2) is 0 Å². The van der Waals surface area contributed by atoms with Crippen molar-refractivity contribution in [1.29, 1.82) is 0 Å². The molecule has 0 aromatic carbocycles. The lowest BCUT2D eigenvalue weighted by Crippen LogP contribution is -2.17. The lowest BCUT2D eigenvalue weighted by Gasteiger charge is -2.07. The second kappa shape index (κ2) is 7.49. The van der Waals surface area contributed by atoms with Crippen molar-refractivity contribution in [3.05, 3.63) is 17.5 Å². The summed E-state index contributed by atoms with van der Waals surface area (Å²) in [5.74, 6) is 0.833. The van der Waals surface area contributed by atoms with Gasteiger partial charge in [0.05, 0.1) is 11.4 Å². The largest absolute Gasteiger partial charge is 0.311 e. The number of unbranched alkanes of at least 4 members (excludes halogenated alkanes) is 1. The van der Waals surface area contributed by atoms with E-state index in [9.17, 15) is 0 Å². The predicted octanol–water partition coefficient (Wildman–Crippen LogP) is 3.13. The van der Waals surface area contributed by atoms with Crippen LogP contribution in [0.2, 0.25) is 0 Å². The molecule has 1 aromatic heterocycles. The van der Waals surface area contributed by atoms with Crippen LogP contribution in [0, 0.1) is 12.8 Å². The van der Waals surface area contributed by atoms with Crippen LogP contribution in [0.4, 0.5) is 0 Å². The van der Waals surface area contributed by atoms with Crippen LogP contribution >= 0.6 is 0 Å². The first-order valence-corrected chi connectivity index (χ1v) is 6.87. The summed E-state index contributed by atoms with van der Waals surface area (Å²) in [6.45, 7) is 11.8.